The molecule has 1 amide bonds. The molecule has 0 radical (unpaired) electrons. The molecule has 0 aromatic heterocycles. The van der Waals surface area contributed by atoms with Crippen molar-refractivity contribution in [1.29, 1.82) is 0 Å². The third kappa shape index (κ3) is 1.84. The minimum Gasteiger partial charge on any atom is -0.380 e. The van der Waals surface area contributed by atoms with Gasteiger partial charge in [-0.2, -0.15) is 0 Å². The maximum absolute atomic E-state index is 12.3. The van der Waals surface area contributed by atoms with E-state index in [-0.39, 0.29) is 23.7 Å². The molecule has 92 valence electrons. The molecule has 16 heavy (non-hydrogen) atoms. The zero-order valence-electron chi connectivity index (χ0n) is 10.6. The Labute approximate surface area is 97.3 Å². The summed E-state index contributed by atoms with van der Waals surface area (Å²) in [5.74, 6) is 0.711. The number of hydrogen-bond acceptors (Lipinski definition) is 3. The average molecular weight is 226 g/mol. The second-order valence-electron chi connectivity index (χ2n) is 5.42. The van der Waals surface area contributed by atoms with Gasteiger partial charge in [-0.1, -0.05) is 13.8 Å². The van der Waals surface area contributed by atoms with Gasteiger partial charge in [0.2, 0.25) is 5.91 Å². The average Bonchev–Trinajstić information content (AvgIpc) is 2.97. The summed E-state index contributed by atoms with van der Waals surface area (Å²) < 4.78 is 5.26. The number of nitrogens with zero attached hydrogens (tertiary/aromatic N) is 1. The first kappa shape index (κ1) is 11.9. The monoisotopic (exact) mass is 226 g/mol. The predicted molar refractivity (Wildman–Crippen MR) is 61.9 cm³/mol. The lowest BCUT2D eigenvalue weighted by atomic mass is 10.1. The molecule has 0 aromatic rings. The molecule has 1 saturated heterocycles. The molecule has 0 bridgehead atoms. The molecule has 1 aliphatic heterocycles. The molecule has 2 aliphatic rings. The molecule has 2 rings (SSSR count). The molecular weight excluding hydrogens is 204 g/mol. The van der Waals surface area contributed by atoms with E-state index in [9.17, 15) is 4.79 Å². The highest BCUT2D eigenvalue weighted by Gasteiger charge is 2.59. The molecule has 1 saturated carbocycles. The van der Waals surface area contributed by atoms with E-state index in [0.29, 0.717) is 12.5 Å². The summed E-state index contributed by atoms with van der Waals surface area (Å²) in [5.41, 5.74) is -0.206. The smallest absolute Gasteiger partial charge is 0.244 e. The number of amides is 1. The van der Waals surface area contributed by atoms with Crippen molar-refractivity contribution in [3.8, 4) is 0 Å². The lowest BCUT2D eigenvalue weighted by molar-refractivity contribution is -0.132. The standard InChI is InChI=1S/C12H22N2O2/c1-8(2)10-13-12(5-6-12)11(15)14(10)7-9(3)16-4/h8-10,13H,5-7H2,1-4H3. The summed E-state index contributed by atoms with van der Waals surface area (Å²) in [7, 11) is 1.69. The van der Waals surface area contributed by atoms with Gasteiger partial charge in [0.15, 0.2) is 0 Å². The van der Waals surface area contributed by atoms with E-state index >= 15 is 0 Å². The Balaban J connectivity index is 2.09. The lowest BCUT2D eigenvalue weighted by Gasteiger charge is -2.29. The SMILES string of the molecule is COC(C)CN1C(=O)C2(CC2)NC1C(C)C. The van der Waals surface area contributed by atoms with Crippen LogP contribution in [0.4, 0.5) is 0 Å². The fraction of sp³-hybridized carbons (Fsp3) is 0.917. The van der Waals surface area contributed by atoms with Gasteiger partial charge >= 0.3 is 0 Å². The third-order valence-corrected chi connectivity index (χ3v) is 3.67. The molecule has 1 aliphatic carbocycles. The summed E-state index contributed by atoms with van der Waals surface area (Å²) >= 11 is 0. The Morgan fingerprint density at radius 3 is 2.56 bits per heavy atom. The molecule has 2 unspecified atom stereocenters. The molecule has 2 fully saturated rings. The van der Waals surface area contributed by atoms with Crippen molar-refractivity contribution < 1.29 is 9.53 Å². The van der Waals surface area contributed by atoms with E-state index in [4.69, 9.17) is 4.74 Å². The Kier molecular flexibility index (Phi) is 2.97. The molecule has 1 heterocycles. The number of ether oxygens (including phenoxy) is 1. The van der Waals surface area contributed by atoms with Gasteiger partial charge in [-0.25, -0.2) is 0 Å². The van der Waals surface area contributed by atoms with Crippen LogP contribution in [0, 0.1) is 5.92 Å². The molecule has 0 aromatic carbocycles. The van der Waals surface area contributed by atoms with Crippen LogP contribution in [0.15, 0.2) is 0 Å². The first-order chi connectivity index (χ1) is 7.50. The second-order valence-corrected chi connectivity index (χ2v) is 5.42. The normalized spacial score (nSPS) is 29.2. The van der Waals surface area contributed by atoms with Gasteiger partial charge in [-0.05, 0) is 25.7 Å². The molecule has 4 nitrogen and oxygen atoms in total. The highest BCUT2D eigenvalue weighted by Crippen LogP contribution is 2.43. The van der Waals surface area contributed by atoms with E-state index in [2.05, 4.69) is 19.2 Å². The van der Waals surface area contributed by atoms with Crippen molar-refractivity contribution >= 4 is 5.91 Å². The fourth-order valence-electron chi connectivity index (χ4n) is 2.38. The zero-order valence-corrected chi connectivity index (χ0v) is 10.6. The molecule has 1 N–H and O–H groups in total. The van der Waals surface area contributed by atoms with Crippen LogP contribution >= 0.6 is 0 Å². The largest absolute Gasteiger partial charge is 0.380 e. The first-order valence-corrected chi connectivity index (χ1v) is 6.12. The molecular formula is C12H22N2O2. The predicted octanol–water partition coefficient (Wildman–Crippen LogP) is 0.968. The van der Waals surface area contributed by atoms with Crippen molar-refractivity contribution in [1.82, 2.24) is 10.2 Å². The van der Waals surface area contributed by atoms with Gasteiger partial charge in [-0.15, -0.1) is 0 Å². The first-order valence-electron chi connectivity index (χ1n) is 6.12. The van der Waals surface area contributed by atoms with Crippen molar-refractivity contribution in [2.45, 2.75) is 51.4 Å². The van der Waals surface area contributed by atoms with E-state index in [0.717, 1.165) is 12.8 Å². The molecule has 1 spiro atoms. The Hall–Kier alpha value is -0.610. The van der Waals surface area contributed by atoms with Crippen molar-refractivity contribution in [3.63, 3.8) is 0 Å². The van der Waals surface area contributed by atoms with Crippen LogP contribution in [-0.2, 0) is 9.53 Å². The van der Waals surface area contributed by atoms with Crippen LogP contribution in [0.5, 0.6) is 0 Å². The summed E-state index contributed by atoms with van der Waals surface area (Å²) in [4.78, 5) is 14.2. The van der Waals surface area contributed by atoms with Gasteiger partial charge in [0.1, 0.15) is 0 Å². The summed E-state index contributed by atoms with van der Waals surface area (Å²) in [5, 5.41) is 3.49. The Bertz CT molecular complexity index is 287. The molecule has 2 atom stereocenters. The van der Waals surface area contributed by atoms with E-state index < -0.39 is 0 Å². The maximum Gasteiger partial charge on any atom is 0.244 e. The number of carbonyl (C=O) groups is 1. The van der Waals surface area contributed by atoms with Crippen LogP contribution in [-0.4, -0.2) is 42.3 Å². The van der Waals surface area contributed by atoms with Gasteiger partial charge < -0.3 is 9.64 Å². The topological polar surface area (TPSA) is 41.6 Å². The highest BCUT2D eigenvalue weighted by atomic mass is 16.5. The highest BCUT2D eigenvalue weighted by molar-refractivity contribution is 5.91. The number of methoxy groups -OCH3 is 1. The lowest BCUT2D eigenvalue weighted by Crippen LogP contribution is -2.44. The van der Waals surface area contributed by atoms with Gasteiger partial charge in [0, 0.05) is 13.7 Å². The van der Waals surface area contributed by atoms with Crippen LogP contribution in [0.1, 0.15) is 33.6 Å². The van der Waals surface area contributed by atoms with Crippen LogP contribution in [0.2, 0.25) is 0 Å². The maximum atomic E-state index is 12.3. The minimum atomic E-state index is -0.206. The third-order valence-electron chi connectivity index (χ3n) is 3.67. The number of rotatable bonds is 4. The second kappa shape index (κ2) is 4.00. The fourth-order valence-corrected chi connectivity index (χ4v) is 2.38. The summed E-state index contributed by atoms with van der Waals surface area (Å²) in [6.45, 7) is 6.99. The van der Waals surface area contributed by atoms with E-state index in [1.54, 1.807) is 7.11 Å². The number of nitrogens with one attached hydrogen (secondary N) is 1. The number of hydrogen-bond donors (Lipinski definition) is 1. The van der Waals surface area contributed by atoms with Crippen molar-refractivity contribution in [2.24, 2.45) is 5.92 Å². The summed E-state index contributed by atoms with van der Waals surface area (Å²) in [6.07, 6.45) is 2.26. The van der Waals surface area contributed by atoms with Gasteiger partial charge in [0.05, 0.1) is 17.8 Å². The van der Waals surface area contributed by atoms with Gasteiger partial charge in [0.25, 0.3) is 0 Å². The van der Waals surface area contributed by atoms with Crippen LogP contribution in [0.25, 0.3) is 0 Å². The Morgan fingerprint density at radius 2 is 2.12 bits per heavy atom. The van der Waals surface area contributed by atoms with E-state index in [1.807, 2.05) is 11.8 Å². The zero-order chi connectivity index (χ0) is 11.9. The van der Waals surface area contributed by atoms with Crippen LogP contribution < -0.4 is 5.32 Å². The van der Waals surface area contributed by atoms with Gasteiger partial charge in [-0.3, -0.25) is 10.1 Å². The number of carbonyl (C=O) groups excluding carboxylic acids is 1. The Morgan fingerprint density at radius 1 is 1.50 bits per heavy atom. The molecule has 4 heteroatoms. The van der Waals surface area contributed by atoms with Crippen molar-refractivity contribution in [2.75, 3.05) is 13.7 Å². The minimum absolute atomic E-state index is 0.0981. The quantitative estimate of drug-likeness (QED) is 0.776. The summed E-state index contributed by atoms with van der Waals surface area (Å²) in [6, 6.07) is 0. The van der Waals surface area contributed by atoms with Crippen molar-refractivity contribution in [3.05, 3.63) is 0 Å². The van der Waals surface area contributed by atoms with E-state index in [1.165, 1.54) is 0 Å². The van der Waals surface area contributed by atoms with Crippen LogP contribution in [0.3, 0.4) is 0 Å².